The lowest BCUT2D eigenvalue weighted by atomic mass is 10.2. The highest BCUT2D eigenvalue weighted by atomic mass is 127. The van der Waals surface area contributed by atoms with E-state index in [1.807, 2.05) is 13.0 Å². The quantitative estimate of drug-likeness (QED) is 0.406. The highest BCUT2D eigenvalue weighted by molar-refractivity contribution is 14.1. The van der Waals surface area contributed by atoms with Gasteiger partial charge in [-0.1, -0.05) is 24.6 Å². The minimum atomic E-state index is -0.315. The number of halogens is 2. The second-order valence-electron chi connectivity index (χ2n) is 5.41. The summed E-state index contributed by atoms with van der Waals surface area (Å²) in [4.78, 5) is 23.9. The molecule has 2 aromatic carbocycles. The summed E-state index contributed by atoms with van der Waals surface area (Å²) < 4.78 is 0.952. The van der Waals surface area contributed by atoms with Gasteiger partial charge in [0.1, 0.15) is 0 Å². The van der Waals surface area contributed by atoms with Gasteiger partial charge in [0.05, 0.1) is 10.7 Å². The van der Waals surface area contributed by atoms with E-state index in [9.17, 15) is 9.59 Å². The van der Waals surface area contributed by atoms with Crippen molar-refractivity contribution >= 4 is 74.7 Å². The van der Waals surface area contributed by atoms with Gasteiger partial charge in [0.15, 0.2) is 5.11 Å². The van der Waals surface area contributed by atoms with Crippen molar-refractivity contribution in [3.05, 3.63) is 56.6 Å². The van der Waals surface area contributed by atoms with Crippen molar-refractivity contribution in [2.75, 3.05) is 10.6 Å². The second-order valence-corrected chi connectivity index (χ2v) is 7.47. The third-order valence-corrected chi connectivity index (χ3v) is 4.49. The molecule has 0 fully saturated rings. The van der Waals surface area contributed by atoms with Crippen LogP contribution in [0, 0.1) is 3.57 Å². The number of rotatable bonds is 5. The van der Waals surface area contributed by atoms with Crippen LogP contribution in [0.1, 0.15) is 30.1 Å². The van der Waals surface area contributed by atoms with Crippen LogP contribution in [-0.4, -0.2) is 16.9 Å². The Balaban J connectivity index is 2.03. The summed E-state index contributed by atoms with van der Waals surface area (Å²) in [6.07, 6.45) is 1.20. The van der Waals surface area contributed by atoms with Crippen LogP contribution in [0.3, 0.4) is 0 Å². The van der Waals surface area contributed by atoms with Crippen molar-refractivity contribution in [1.82, 2.24) is 5.32 Å². The van der Waals surface area contributed by atoms with Crippen LogP contribution in [-0.2, 0) is 4.79 Å². The van der Waals surface area contributed by atoms with E-state index in [4.69, 9.17) is 23.8 Å². The van der Waals surface area contributed by atoms with Crippen molar-refractivity contribution < 1.29 is 9.59 Å². The lowest BCUT2D eigenvalue weighted by Gasteiger charge is -2.13. The predicted molar refractivity (Wildman–Crippen MR) is 118 cm³/mol. The Bertz CT molecular complexity index is 845. The molecule has 136 valence electrons. The van der Waals surface area contributed by atoms with Gasteiger partial charge in [-0.25, -0.2) is 0 Å². The van der Waals surface area contributed by atoms with Crippen LogP contribution in [0.5, 0.6) is 0 Å². The smallest absolute Gasteiger partial charge is 0.257 e. The number of nitrogens with one attached hydrogen (secondary N) is 3. The first-order valence-electron chi connectivity index (χ1n) is 7.86. The molecular weight excluding hydrogens is 485 g/mol. The molecule has 0 aliphatic heterocycles. The summed E-state index contributed by atoms with van der Waals surface area (Å²) in [5.74, 6) is -0.389. The zero-order valence-electron chi connectivity index (χ0n) is 13.9. The summed E-state index contributed by atoms with van der Waals surface area (Å²) in [7, 11) is 0. The van der Waals surface area contributed by atoms with Crippen molar-refractivity contribution in [3.63, 3.8) is 0 Å². The van der Waals surface area contributed by atoms with E-state index in [0.717, 1.165) is 9.99 Å². The zero-order chi connectivity index (χ0) is 19.1. The topological polar surface area (TPSA) is 70.2 Å². The summed E-state index contributed by atoms with van der Waals surface area (Å²) in [5, 5.41) is 8.82. The Morgan fingerprint density at radius 3 is 2.62 bits per heavy atom. The van der Waals surface area contributed by atoms with E-state index in [1.165, 1.54) is 0 Å². The standard InChI is InChI=1S/C18H17ClIN3O2S/c1-2-4-16(24)21-13-7-8-14(19)15(10-13)22-18(26)23-17(25)11-5-3-6-12(20)9-11/h3,5-10H,2,4H2,1H3,(H,21,24)(H2,22,23,25,26). The third kappa shape index (κ3) is 6.22. The Labute approximate surface area is 176 Å². The number of amides is 2. The summed E-state index contributed by atoms with van der Waals surface area (Å²) in [5.41, 5.74) is 1.60. The van der Waals surface area contributed by atoms with Crippen molar-refractivity contribution in [3.8, 4) is 0 Å². The molecule has 2 rings (SSSR count). The number of thiocarbonyl (C=S) groups is 1. The Kier molecular flexibility index (Phi) is 7.80. The molecule has 2 amide bonds. The molecule has 0 aromatic heterocycles. The van der Waals surface area contributed by atoms with Gasteiger partial charge in [-0.2, -0.15) is 0 Å². The maximum Gasteiger partial charge on any atom is 0.257 e. The van der Waals surface area contributed by atoms with E-state index in [0.29, 0.717) is 28.4 Å². The highest BCUT2D eigenvalue weighted by Crippen LogP contribution is 2.25. The largest absolute Gasteiger partial charge is 0.331 e. The molecule has 5 nitrogen and oxygen atoms in total. The second kappa shape index (κ2) is 9.84. The van der Waals surface area contributed by atoms with Gasteiger partial charge in [-0.05, 0) is 77.6 Å². The lowest BCUT2D eigenvalue weighted by Crippen LogP contribution is -2.34. The molecule has 0 unspecified atom stereocenters. The lowest BCUT2D eigenvalue weighted by molar-refractivity contribution is -0.116. The maximum atomic E-state index is 12.2. The Hall–Kier alpha value is -1.71. The monoisotopic (exact) mass is 501 g/mol. The van der Waals surface area contributed by atoms with Gasteiger partial charge < -0.3 is 10.6 Å². The average molecular weight is 502 g/mol. The minimum absolute atomic E-state index is 0.0738. The predicted octanol–water partition coefficient (Wildman–Crippen LogP) is 4.81. The molecule has 0 bridgehead atoms. The molecule has 0 atom stereocenters. The van der Waals surface area contributed by atoms with Crippen molar-refractivity contribution in [2.24, 2.45) is 0 Å². The number of carbonyl (C=O) groups is 2. The van der Waals surface area contributed by atoms with Crippen LogP contribution < -0.4 is 16.0 Å². The molecule has 2 aromatic rings. The van der Waals surface area contributed by atoms with E-state index in [2.05, 4.69) is 38.5 Å². The number of anilines is 2. The number of hydrogen-bond donors (Lipinski definition) is 3. The van der Waals surface area contributed by atoms with Gasteiger partial charge in [0, 0.05) is 21.2 Å². The van der Waals surface area contributed by atoms with Gasteiger partial charge >= 0.3 is 0 Å². The number of hydrogen-bond acceptors (Lipinski definition) is 3. The van der Waals surface area contributed by atoms with Crippen LogP contribution in [0.2, 0.25) is 5.02 Å². The average Bonchev–Trinajstić information content (AvgIpc) is 2.58. The van der Waals surface area contributed by atoms with E-state index >= 15 is 0 Å². The first-order valence-corrected chi connectivity index (χ1v) is 9.73. The number of benzene rings is 2. The van der Waals surface area contributed by atoms with Crippen LogP contribution >= 0.6 is 46.4 Å². The Morgan fingerprint density at radius 1 is 1.15 bits per heavy atom. The molecule has 0 heterocycles. The molecule has 0 saturated carbocycles. The molecular formula is C18H17ClIN3O2S. The SMILES string of the molecule is CCCC(=O)Nc1ccc(Cl)c(NC(=S)NC(=O)c2cccc(I)c2)c1. The van der Waals surface area contributed by atoms with Crippen molar-refractivity contribution in [1.29, 1.82) is 0 Å². The maximum absolute atomic E-state index is 12.2. The Morgan fingerprint density at radius 2 is 1.92 bits per heavy atom. The van der Waals surface area contributed by atoms with E-state index < -0.39 is 0 Å². The molecule has 3 N–H and O–H groups in total. The minimum Gasteiger partial charge on any atom is -0.331 e. The molecule has 8 heteroatoms. The first-order chi connectivity index (χ1) is 12.4. The summed E-state index contributed by atoms with van der Waals surface area (Å²) in [6, 6.07) is 12.2. The van der Waals surface area contributed by atoms with Gasteiger partial charge in [-0.15, -0.1) is 0 Å². The van der Waals surface area contributed by atoms with Crippen LogP contribution in [0.4, 0.5) is 11.4 Å². The highest BCUT2D eigenvalue weighted by Gasteiger charge is 2.11. The van der Waals surface area contributed by atoms with Gasteiger partial charge in [0.2, 0.25) is 5.91 Å². The van der Waals surface area contributed by atoms with E-state index in [1.54, 1.807) is 36.4 Å². The molecule has 0 aliphatic rings. The van der Waals surface area contributed by atoms with Gasteiger partial charge in [0.25, 0.3) is 5.91 Å². The molecule has 0 saturated heterocycles. The third-order valence-electron chi connectivity index (χ3n) is 3.29. The van der Waals surface area contributed by atoms with Crippen LogP contribution in [0.15, 0.2) is 42.5 Å². The van der Waals surface area contributed by atoms with Crippen molar-refractivity contribution in [2.45, 2.75) is 19.8 Å². The molecule has 0 aliphatic carbocycles. The summed E-state index contributed by atoms with van der Waals surface area (Å²) in [6.45, 7) is 1.93. The fraction of sp³-hybridized carbons (Fsp3) is 0.167. The zero-order valence-corrected chi connectivity index (χ0v) is 17.7. The number of carbonyl (C=O) groups excluding carboxylic acids is 2. The molecule has 26 heavy (non-hydrogen) atoms. The summed E-state index contributed by atoms with van der Waals surface area (Å²) >= 11 is 13.5. The fourth-order valence-corrected chi connectivity index (χ4v) is 3.02. The van der Waals surface area contributed by atoms with Crippen LogP contribution in [0.25, 0.3) is 0 Å². The molecule has 0 radical (unpaired) electrons. The molecule has 0 spiro atoms. The fourth-order valence-electron chi connectivity index (χ4n) is 2.11. The van der Waals surface area contributed by atoms with E-state index in [-0.39, 0.29) is 16.9 Å². The normalized spacial score (nSPS) is 10.1. The first kappa shape index (κ1) is 20.6. The van der Waals surface area contributed by atoms with Gasteiger partial charge in [-0.3, -0.25) is 14.9 Å².